The van der Waals surface area contributed by atoms with Gasteiger partial charge in [-0.05, 0) is 29.8 Å². The summed E-state index contributed by atoms with van der Waals surface area (Å²) in [6.07, 6.45) is 0. The molecule has 80 valence electrons. The van der Waals surface area contributed by atoms with Crippen LogP contribution >= 0.6 is 15.9 Å². The van der Waals surface area contributed by atoms with Gasteiger partial charge in [-0.2, -0.15) is 9.65 Å². The molecule has 0 atom stereocenters. The lowest BCUT2D eigenvalue weighted by atomic mass is 10.2. The van der Waals surface area contributed by atoms with Crippen molar-refractivity contribution in [2.75, 3.05) is 0 Å². The van der Waals surface area contributed by atoms with Gasteiger partial charge in [0.05, 0.1) is 0 Å². The van der Waals surface area contributed by atoms with E-state index in [0.717, 1.165) is 10.9 Å². The molecule has 1 heterocycles. The van der Waals surface area contributed by atoms with Gasteiger partial charge >= 0.3 is 0 Å². The molecule has 0 fully saturated rings. The van der Waals surface area contributed by atoms with E-state index in [9.17, 15) is 4.39 Å². The number of nitrogens with zero attached hydrogens (tertiary/aromatic N) is 2. The predicted molar refractivity (Wildman–Crippen MR) is 63.1 cm³/mol. The minimum absolute atomic E-state index is 0.295. The third-order valence-electron chi connectivity index (χ3n) is 2.30. The highest BCUT2D eigenvalue weighted by Gasteiger charge is 2.08. The number of halogens is 2. The average Bonchev–Trinajstić information content (AvgIpc) is 2.70. The van der Waals surface area contributed by atoms with Crippen LogP contribution in [0.5, 0.6) is 0 Å². The quantitative estimate of drug-likeness (QED) is 0.775. The summed E-state index contributed by atoms with van der Waals surface area (Å²) in [7, 11) is 0. The fourth-order valence-electron chi connectivity index (χ4n) is 1.50. The first-order valence-corrected chi connectivity index (χ1v) is 5.81. The van der Waals surface area contributed by atoms with Crippen LogP contribution < -0.4 is 0 Å². The Morgan fingerprint density at radius 1 is 1.19 bits per heavy atom. The second-order valence-corrected chi connectivity index (χ2v) is 3.85. The third kappa shape index (κ3) is 1.86. The molecule has 1 aromatic carbocycles. The predicted octanol–water partition coefficient (Wildman–Crippen LogP) is 3.38. The van der Waals surface area contributed by atoms with E-state index in [4.69, 9.17) is 5.26 Å². The standard InChI is InChI=1S/C12H8BrFN2/c13-7-9-1-3-10(4-2-9)16-11(8-15)5-6-12(16)14/h1-6H,7H2. The highest BCUT2D eigenvalue weighted by molar-refractivity contribution is 9.08. The second kappa shape index (κ2) is 4.50. The molecule has 0 unspecified atom stereocenters. The van der Waals surface area contributed by atoms with Crippen LogP contribution in [-0.2, 0) is 5.33 Å². The minimum Gasteiger partial charge on any atom is -0.277 e. The zero-order valence-corrected chi connectivity index (χ0v) is 9.91. The Bertz CT molecular complexity index is 537. The molecule has 4 heteroatoms. The molecule has 0 N–H and O–H groups in total. The van der Waals surface area contributed by atoms with Crippen LogP contribution in [-0.4, -0.2) is 4.57 Å². The molecule has 2 nitrogen and oxygen atoms in total. The Labute approximate surface area is 101 Å². The lowest BCUT2D eigenvalue weighted by molar-refractivity contribution is 0.558. The highest BCUT2D eigenvalue weighted by Crippen LogP contribution is 2.17. The van der Waals surface area contributed by atoms with Crippen LogP contribution in [0.25, 0.3) is 5.69 Å². The van der Waals surface area contributed by atoms with Gasteiger partial charge in [0.1, 0.15) is 11.8 Å². The zero-order valence-electron chi connectivity index (χ0n) is 8.32. The smallest absolute Gasteiger partial charge is 0.199 e. The molecule has 2 rings (SSSR count). The maximum Gasteiger partial charge on any atom is 0.199 e. The molecule has 0 spiro atoms. The summed E-state index contributed by atoms with van der Waals surface area (Å²) >= 11 is 3.34. The van der Waals surface area contributed by atoms with Crippen LogP contribution in [0.1, 0.15) is 11.3 Å². The summed E-state index contributed by atoms with van der Waals surface area (Å²) in [5.74, 6) is -0.428. The van der Waals surface area contributed by atoms with Gasteiger partial charge in [-0.25, -0.2) is 0 Å². The van der Waals surface area contributed by atoms with E-state index < -0.39 is 5.95 Å². The highest BCUT2D eigenvalue weighted by atomic mass is 79.9. The number of nitriles is 1. The van der Waals surface area contributed by atoms with Crippen molar-refractivity contribution in [2.24, 2.45) is 0 Å². The van der Waals surface area contributed by atoms with Crippen molar-refractivity contribution in [1.29, 1.82) is 5.26 Å². The first-order chi connectivity index (χ1) is 7.76. The normalized spacial score (nSPS) is 10.1. The first kappa shape index (κ1) is 10.9. The lowest BCUT2D eigenvalue weighted by Crippen LogP contribution is -1.99. The van der Waals surface area contributed by atoms with Crippen molar-refractivity contribution in [3.63, 3.8) is 0 Å². The van der Waals surface area contributed by atoms with Crippen LogP contribution in [0.4, 0.5) is 4.39 Å². The molecule has 0 amide bonds. The van der Waals surface area contributed by atoms with E-state index in [1.54, 1.807) is 12.1 Å². The van der Waals surface area contributed by atoms with Crippen molar-refractivity contribution >= 4 is 15.9 Å². The van der Waals surface area contributed by atoms with Crippen molar-refractivity contribution in [2.45, 2.75) is 5.33 Å². The molecule has 16 heavy (non-hydrogen) atoms. The minimum atomic E-state index is -0.428. The van der Waals surface area contributed by atoms with Gasteiger partial charge in [-0.1, -0.05) is 28.1 Å². The van der Waals surface area contributed by atoms with Gasteiger partial charge in [-0.3, -0.25) is 4.57 Å². The Kier molecular flexibility index (Phi) is 3.07. The summed E-state index contributed by atoms with van der Waals surface area (Å²) in [5, 5.41) is 9.61. The van der Waals surface area contributed by atoms with Gasteiger partial charge in [0.25, 0.3) is 0 Å². The van der Waals surface area contributed by atoms with Crippen LogP contribution in [0, 0.1) is 17.3 Å². The fraction of sp³-hybridized carbons (Fsp3) is 0.0833. The first-order valence-electron chi connectivity index (χ1n) is 4.69. The molecule has 0 aliphatic heterocycles. The summed E-state index contributed by atoms with van der Waals surface area (Å²) in [6.45, 7) is 0. The molecule has 1 aromatic heterocycles. The van der Waals surface area contributed by atoms with Crippen LogP contribution in [0.2, 0.25) is 0 Å². The molecule has 0 aliphatic carbocycles. The van der Waals surface area contributed by atoms with Crippen molar-refractivity contribution in [1.82, 2.24) is 4.57 Å². The van der Waals surface area contributed by atoms with Crippen molar-refractivity contribution in [3.8, 4) is 11.8 Å². The van der Waals surface area contributed by atoms with Gasteiger partial charge in [0.2, 0.25) is 0 Å². The number of rotatable bonds is 2. The molecule has 2 aromatic rings. The van der Waals surface area contributed by atoms with Crippen LogP contribution in [0.15, 0.2) is 36.4 Å². The van der Waals surface area contributed by atoms with Gasteiger partial charge in [0, 0.05) is 11.0 Å². The lowest BCUT2D eigenvalue weighted by Gasteiger charge is -2.06. The Hall–Kier alpha value is -1.60. The summed E-state index contributed by atoms with van der Waals surface area (Å²) in [4.78, 5) is 0. The number of hydrogen-bond acceptors (Lipinski definition) is 1. The summed E-state index contributed by atoms with van der Waals surface area (Å²) < 4.78 is 14.8. The second-order valence-electron chi connectivity index (χ2n) is 3.29. The molecule has 0 aliphatic rings. The van der Waals surface area contributed by atoms with E-state index in [1.807, 2.05) is 18.2 Å². The topological polar surface area (TPSA) is 28.7 Å². The number of alkyl halides is 1. The Morgan fingerprint density at radius 2 is 1.88 bits per heavy atom. The molecule has 0 saturated heterocycles. The Balaban J connectivity index is 2.50. The maximum atomic E-state index is 13.5. The van der Waals surface area contributed by atoms with E-state index in [0.29, 0.717) is 11.4 Å². The van der Waals surface area contributed by atoms with Crippen molar-refractivity contribution < 1.29 is 4.39 Å². The SMILES string of the molecule is N#Cc1ccc(F)n1-c1ccc(CBr)cc1. The Morgan fingerprint density at radius 3 is 2.44 bits per heavy atom. The van der Waals surface area contributed by atoms with Gasteiger partial charge < -0.3 is 0 Å². The monoisotopic (exact) mass is 278 g/mol. The summed E-state index contributed by atoms with van der Waals surface area (Å²) in [5.41, 5.74) is 2.06. The van der Waals surface area contributed by atoms with Crippen LogP contribution in [0.3, 0.4) is 0 Å². The molecular formula is C12H8BrFN2. The number of benzene rings is 1. The van der Waals surface area contributed by atoms with E-state index >= 15 is 0 Å². The number of hydrogen-bond donors (Lipinski definition) is 0. The van der Waals surface area contributed by atoms with E-state index in [-0.39, 0.29) is 0 Å². The molecule has 0 radical (unpaired) electrons. The van der Waals surface area contributed by atoms with Gasteiger partial charge in [-0.15, -0.1) is 0 Å². The molecular weight excluding hydrogens is 271 g/mol. The molecule has 0 bridgehead atoms. The largest absolute Gasteiger partial charge is 0.277 e. The maximum absolute atomic E-state index is 13.5. The fourth-order valence-corrected chi connectivity index (χ4v) is 1.87. The summed E-state index contributed by atoms with van der Waals surface area (Å²) in [6, 6.07) is 12.1. The van der Waals surface area contributed by atoms with Gasteiger partial charge in [0.15, 0.2) is 5.95 Å². The van der Waals surface area contributed by atoms with Crippen molar-refractivity contribution in [3.05, 3.63) is 53.6 Å². The van der Waals surface area contributed by atoms with E-state index in [2.05, 4.69) is 15.9 Å². The average molecular weight is 279 g/mol. The zero-order chi connectivity index (χ0) is 11.5. The number of aromatic nitrogens is 1. The third-order valence-corrected chi connectivity index (χ3v) is 2.94. The van der Waals surface area contributed by atoms with E-state index in [1.165, 1.54) is 16.7 Å². The molecule has 0 saturated carbocycles.